The maximum absolute atomic E-state index is 12.0. The van der Waals surface area contributed by atoms with Crippen molar-refractivity contribution in [2.75, 3.05) is 7.11 Å². The van der Waals surface area contributed by atoms with Crippen molar-refractivity contribution in [2.45, 2.75) is 6.42 Å². The summed E-state index contributed by atoms with van der Waals surface area (Å²) in [6, 6.07) is 13.7. The summed E-state index contributed by atoms with van der Waals surface area (Å²) in [5.41, 5.74) is 1.50. The molecule has 0 fully saturated rings. The third-order valence-electron chi connectivity index (χ3n) is 2.69. The number of phenolic OH excluding ortho intramolecular Hbond substituents is 1. The van der Waals surface area contributed by atoms with E-state index in [1.807, 2.05) is 24.3 Å². The van der Waals surface area contributed by atoms with Crippen LogP contribution in [-0.2, 0) is 6.42 Å². The summed E-state index contributed by atoms with van der Waals surface area (Å²) in [5.74, 6) is 0.919. The number of Topliss-reactive ketones (excluding diaryl/α,β-unsaturated/α-hetero) is 1. The average molecular weight is 242 g/mol. The van der Waals surface area contributed by atoms with Gasteiger partial charge >= 0.3 is 0 Å². The van der Waals surface area contributed by atoms with E-state index in [2.05, 4.69) is 0 Å². The van der Waals surface area contributed by atoms with Crippen LogP contribution in [0.3, 0.4) is 0 Å². The second-order valence-corrected chi connectivity index (χ2v) is 4.00. The van der Waals surface area contributed by atoms with Gasteiger partial charge in [-0.05, 0) is 42.0 Å². The molecule has 2 aromatic rings. The zero-order chi connectivity index (χ0) is 13.0. The standard InChI is InChI=1S/C15H14O3/c1-18-14-4-2-3-11(9-14)10-15(17)12-5-7-13(16)8-6-12/h2-9,16H,10H2,1H3. The van der Waals surface area contributed by atoms with Crippen molar-refractivity contribution in [3.8, 4) is 11.5 Å². The summed E-state index contributed by atoms with van der Waals surface area (Å²) < 4.78 is 5.11. The molecule has 2 rings (SSSR count). The van der Waals surface area contributed by atoms with Crippen LogP contribution in [0.15, 0.2) is 48.5 Å². The summed E-state index contributed by atoms with van der Waals surface area (Å²) in [6.07, 6.45) is 0.321. The molecule has 0 bridgehead atoms. The van der Waals surface area contributed by atoms with Crippen LogP contribution in [-0.4, -0.2) is 18.0 Å². The molecule has 1 N–H and O–H groups in total. The fourth-order valence-electron chi connectivity index (χ4n) is 1.72. The topological polar surface area (TPSA) is 46.5 Å². The van der Waals surface area contributed by atoms with Gasteiger partial charge in [0.05, 0.1) is 7.11 Å². The number of aromatic hydroxyl groups is 1. The summed E-state index contributed by atoms with van der Waals surface area (Å²) in [5, 5.41) is 9.17. The normalized spacial score (nSPS) is 10.1. The first kappa shape index (κ1) is 12.2. The highest BCUT2D eigenvalue weighted by Crippen LogP contribution is 2.16. The number of hydrogen-bond acceptors (Lipinski definition) is 3. The Bertz CT molecular complexity index is 544. The SMILES string of the molecule is COc1cccc(CC(=O)c2ccc(O)cc2)c1. The minimum absolute atomic E-state index is 0.0169. The van der Waals surface area contributed by atoms with Crippen LogP contribution in [0.1, 0.15) is 15.9 Å². The monoisotopic (exact) mass is 242 g/mol. The van der Waals surface area contributed by atoms with Gasteiger partial charge in [-0.2, -0.15) is 0 Å². The lowest BCUT2D eigenvalue weighted by Gasteiger charge is -2.04. The van der Waals surface area contributed by atoms with Crippen molar-refractivity contribution in [1.82, 2.24) is 0 Å². The van der Waals surface area contributed by atoms with E-state index in [9.17, 15) is 4.79 Å². The first-order chi connectivity index (χ1) is 8.69. The van der Waals surface area contributed by atoms with Crippen LogP contribution in [0.5, 0.6) is 11.5 Å². The van der Waals surface area contributed by atoms with Gasteiger partial charge in [0.1, 0.15) is 11.5 Å². The van der Waals surface area contributed by atoms with Crippen LogP contribution in [0.2, 0.25) is 0 Å². The van der Waals surface area contributed by atoms with Gasteiger partial charge in [0.15, 0.2) is 5.78 Å². The lowest BCUT2D eigenvalue weighted by atomic mass is 10.0. The van der Waals surface area contributed by atoms with E-state index in [4.69, 9.17) is 9.84 Å². The lowest BCUT2D eigenvalue weighted by Crippen LogP contribution is -2.03. The molecular weight excluding hydrogens is 228 g/mol. The number of phenols is 1. The summed E-state index contributed by atoms with van der Waals surface area (Å²) in [4.78, 5) is 12.0. The van der Waals surface area contributed by atoms with Crippen LogP contribution in [0.25, 0.3) is 0 Å². The molecule has 0 amide bonds. The van der Waals surface area contributed by atoms with Crippen LogP contribution in [0.4, 0.5) is 0 Å². The maximum Gasteiger partial charge on any atom is 0.167 e. The molecule has 0 unspecified atom stereocenters. The highest BCUT2D eigenvalue weighted by Gasteiger charge is 2.07. The molecule has 0 heterocycles. The van der Waals surface area contributed by atoms with Gasteiger partial charge < -0.3 is 9.84 Å². The zero-order valence-corrected chi connectivity index (χ0v) is 10.1. The predicted octanol–water partition coefficient (Wildman–Crippen LogP) is 2.83. The average Bonchev–Trinajstić information content (AvgIpc) is 2.39. The molecule has 0 aliphatic carbocycles. The second kappa shape index (κ2) is 5.36. The van der Waals surface area contributed by atoms with Crippen molar-refractivity contribution in [2.24, 2.45) is 0 Å². The molecule has 0 aromatic heterocycles. The Labute approximate surface area is 106 Å². The molecule has 92 valence electrons. The summed E-state index contributed by atoms with van der Waals surface area (Å²) in [6.45, 7) is 0. The predicted molar refractivity (Wildman–Crippen MR) is 69.1 cm³/mol. The smallest absolute Gasteiger partial charge is 0.167 e. The second-order valence-electron chi connectivity index (χ2n) is 4.00. The van der Waals surface area contributed by atoms with E-state index in [1.54, 1.807) is 19.2 Å². The van der Waals surface area contributed by atoms with Crippen LogP contribution < -0.4 is 4.74 Å². The number of ketones is 1. The van der Waals surface area contributed by atoms with Crippen molar-refractivity contribution in [1.29, 1.82) is 0 Å². The molecule has 0 aliphatic heterocycles. The number of ether oxygens (including phenoxy) is 1. The van der Waals surface area contributed by atoms with Crippen LogP contribution in [0, 0.1) is 0 Å². The number of benzene rings is 2. The van der Waals surface area contributed by atoms with E-state index >= 15 is 0 Å². The molecule has 3 heteroatoms. The molecule has 3 nitrogen and oxygen atoms in total. The largest absolute Gasteiger partial charge is 0.508 e. The fourth-order valence-corrected chi connectivity index (χ4v) is 1.72. The Morgan fingerprint density at radius 2 is 1.89 bits per heavy atom. The van der Waals surface area contributed by atoms with Gasteiger partial charge in [-0.1, -0.05) is 12.1 Å². The Kier molecular flexibility index (Phi) is 3.63. The van der Waals surface area contributed by atoms with Gasteiger partial charge in [0, 0.05) is 12.0 Å². The minimum Gasteiger partial charge on any atom is -0.508 e. The number of methoxy groups -OCH3 is 1. The van der Waals surface area contributed by atoms with Gasteiger partial charge in [-0.15, -0.1) is 0 Å². The maximum atomic E-state index is 12.0. The van der Waals surface area contributed by atoms with Gasteiger partial charge in [0.2, 0.25) is 0 Å². The van der Waals surface area contributed by atoms with E-state index in [0.29, 0.717) is 12.0 Å². The van der Waals surface area contributed by atoms with Crippen LogP contribution >= 0.6 is 0 Å². The molecule has 0 saturated heterocycles. The molecule has 2 aromatic carbocycles. The van der Waals surface area contributed by atoms with Crippen molar-refractivity contribution < 1.29 is 14.6 Å². The van der Waals surface area contributed by atoms with E-state index < -0.39 is 0 Å². The van der Waals surface area contributed by atoms with Crippen molar-refractivity contribution >= 4 is 5.78 Å². The Morgan fingerprint density at radius 1 is 1.17 bits per heavy atom. The van der Waals surface area contributed by atoms with Gasteiger partial charge in [-0.25, -0.2) is 0 Å². The highest BCUT2D eigenvalue weighted by molar-refractivity contribution is 5.97. The first-order valence-electron chi connectivity index (χ1n) is 5.64. The number of rotatable bonds is 4. The molecule has 18 heavy (non-hydrogen) atoms. The summed E-state index contributed by atoms with van der Waals surface area (Å²) >= 11 is 0. The number of carbonyl (C=O) groups excluding carboxylic acids is 1. The number of hydrogen-bond donors (Lipinski definition) is 1. The Balaban J connectivity index is 2.13. The fraction of sp³-hybridized carbons (Fsp3) is 0.133. The highest BCUT2D eigenvalue weighted by atomic mass is 16.5. The van der Waals surface area contributed by atoms with Crippen molar-refractivity contribution in [3.63, 3.8) is 0 Å². The molecule has 0 radical (unpaired) electrons. The third-order valence-corrected chi connectivity index (χ3v) is 2.69. The third kappa shape index (κ3) is 2.88. The quantitative estimate of drug-likeness (QED) is 0.838. The first-order valence-corrected chi connectivity index (χ1v) is 5.64. The zero-order valence-electron chi connectivity index (χ0n) is 10.1. The number of carbonyl (C=O) groups is 1. The van der Waals surface area contributed by atoms with E-state index in [-0.39, 0.29) is 11.5 Å². The van der Waals surface area contributed by atoms with E-state index in [0.717, 1.165) is 11.3 Å². The molecule has 0 saturated carbocycles. The van der Waals surface area contributed by atoms with Crippen molar-refractivity contribution in [3.05, 3.63) is 59.7 Å². The minimum atomic E-state index is 0.0169. The van der Waals surface area contributed by atoms with E-state index in [1.165, 1.54) is 12.1 Å². The molecular formula is C15H14O3. The molecule has 0 atom stereocenters. The summed E-state index contributed by atoms with van der Waals surface area (Å²) in [7, 11) is 1.60. The molecule has 0 spiro atoms. The Hall–Kier alpha value is -2.29. The Morgan fingerprint density at radius 3 is 2.56 bits per heavy atom. The lowest BCUT2D eigenvalue weighted by molar-refractivity contribution is 0.0993. The molecule has 0 aliphatic rings. The van der Waals surface area contributed by atoms with Gasteiger partial charge in [0.25, 0.3) is 0 Å². The van der Waals surface area contributed by atoms with Gasteiger partial charge in [-0.3, -0.25) is 4.79 Å².